The van der Waals surface area contributed by atoms with Gasteiger partial charge in [-0.05, 0) is 38.3 Å². The highest BCUT2D eigenvalue weighted by Crippen LogP contribution is 2.22. The molecule has 3 rings (SSSR count). The first kappa shape index (κ1) is 17.2. The lowest BCUT2D eigenvalue weighted by Gasteiger charge is -2.25. The van der Waals surface area contributed by atoms with Crippen LogP contribution in [0.1, 0.15) is 43.6 Å². The zero-order valence-electron chi connectivity index (χ0n) is 14.7. The molecule has 2 aromatic rings. The average Bonchev–Trinajstić information content (AvgIpc) is 3.31. The van der Waals surface area contributed by atoms with Crippen molar-refractivity contribution in [2.75, 3.05) is 6.54 Å². The molecule has 6 heteroatoms. The quantitative estimate of drug-likeness (QED) is 0.909. The highest BCUT2D eigenvalue weighted by atomic mass is 16.2. The van der Waals surface area contributed by atoms with Gasteiger partial charge in [-0.15, -0.1) is 0 Å². The van der Waals surface area contributed by atoms with Crippen molar-refractivity contribution in [1.82, 2.24) is 19.8 Å². The highest BCUT2D eigenvalue weighted by molar-refractivity contribution is 5.97. The molecule has 0 spiro atoms. The minimum absolute atomic E-state index is 0.0639. The molecule has 0 unspecified atom stereocenters. The van der Waals surface area contributed by atoms with Crippen LogP contribution in [0.2, 0.25) is 0 Å². The Morgan fingerprint density at radius 2 is 2.08 bits per heavy atom. The number of likely N-dealkylation sites (tertiary alicyclic amines) is 1. The standard InChI is InChI=1S/C19H24N4O2/c1-3-14(2)21-18(24)16-10-7-11-22(16)19(25)17-12-20-13-23(17)15-8-5-4-6-9-15/h4-6,8-9,12-14,16H,3,7,10-11H2,1-2H3,(H,21,24)/t14-,16+/m0/s1. The van der Waals surface area contributed by atoms with Gasteiger partial charge >= 0.3 is 0 Å². The molecule has 2 amide bonds. The zero-order chi connectivity index (χ0) is 17.8. The summed E-state index contributed by atoms with van der Waals surface area (Å²) in [5.74, 6) is -0.214. The van der Waals surface area contributed by atoms with E-state index in [0.717, 1.165) is 18.5 Å². The number of nitrogens with zero attached hydrogens (tertiary/aromatic N) is 3. The van der Waals surface area contributed by atoms with E-state index in [1.807, 2.05) is 44.2 Å². The maximum absolute atomic E-state index is 13.1. The van der Waals surface area contributed by atoms with Gasteiger partial charge in [0.1, 0.15) is 11.7 Å². The maximum Gasteiger partial charge on any atom is 0.273 e. The summed E-state index contributed by atoms with van der Waals surface area (Å²) in [6.07, 6.45) is 5.61. The number of rotatable bonds is 5. The Hall–Kier alpha value is -2.63. The molecule has 0 radical (unpaired) electrons. The van der Waals surface area contributed by atoms with Crippen LogP contribution in [0.25, 0.3) is 5.69 Å². The fourth-order valence-corrected chi connectivity index (χ4v) is 3.12. The van der Waals surface area contributed by atoms with Crippen molar-refractivity contribution >= 4 is 11.8 Å². The van der Waals surface area contributed by atoms with Gasteiger partial charge in [0.25, 0.3) is 5.91 Å². The summed E-state index contributed by atoms with van der Waals surface area (Å²) in [6, 6.07) is 9.33. The van der Waals surface area contributed by atoms with Crippen molar-refractivity contribution in [3.8, 4) is 5.69 Å². The fourth-order valence-electron chi connectivity index (χ4n) is 3.12. The first-order valence-electron chi connectivity index (χ1n) is 8.81. The summed E-state index contributed by atoms with van der Waals surface area (Å²) in [4.78, 5) is 31.4. The number of hydrogen-bond donors (Lipinski definition) is 1. The number of benzene rings is 1. The fraction of sp³-hybridized carbons (Fsp3) is 0.421. The third kappa shape index (κ3) is 3.57. The van der Waals surface area contributed by atoms with Crippen molar-refractivity contribution in [3.05, 3.63) is 48.5 Å². The molecule has 1 saturated heterocycles. The Labute approximate surface area is 147 Å². The topological polar surface area (TPSA) is 67.2 Å². The molecule has 2 heterocycles. The van der Waals surface area contributed by atoms with Crippen LogP contribution >= 0.6 is 0 Å². The van der Waals surface area contributed by atoms with Gasteiger partial charge in [0.15, 0.2) is 0 Å². The molecule has 0 aliphatic carbocycles. The van der Waals surface area contributed by atoms with E-state index in [0.29, 0.717) is 18.7 Å². The van der Waals surface area contributed by atoms with Crippen LogP contribution in [-0.4, -0.2) is 44.9 Å². The van der Waals surface area contributed by atoms with Crippen LogP contribution < -0.4 is 5.32 Å². The molecule has 0 bridgehead atoms. The van der Waals surface area contributed by atoms with Crippen molar-refractivity contribution in [3.63, 3.8) is 0 Å². The van der Waals surface area contributed by atoms with Gasteiger partial charge in [-0.2, -0.15) is 0 Å². The van der Waals surface area contributed by atoms with E-state index in [1.165, 1.54) is 0 Å². The van der Waals surface area contributed by atoms with Crippen molar-refractivity contribution in [2.24, 2.45) is 0 Å². The molecule has 1 fully saturated rings. The molecular formula is C19H24N4O2. The molecule has 1 aliphatic heterocycles. The number of hydrogen-bond acceptors (Lipinski definition) is 3. The Morgan fingerprint density at radius 1 is 1.32 bits per heavy atom. The molecule has 132 valence electrons. The predicted octanol–water partition coefficient (Wildman–Crippen LogP) is 2.39. The molecular weight excluding hydrogens is 316 g/mol. The molecule has 25 heavy (non-hydrogen) atoms. The minimum Gasteiger partial charge on any atom is -0.352 e. The van der Waals surface area contributed by atoms with Gasteiger partial charge < -0.3 is 10.2 Å². The van der Waals surface area contributed by atoms with Crippen LogP contribution in [0, 0.1) is 0 Å². The normalized spacial score (nSPS) is 18.2. The predicted molar refractivity (Wildman–Crippen MR) is 95.5 cm³/mol. The summed E-state index contributed by atoms with van der Waals surface area (Å²) >= 11 is 0. The third-order valence-electron chi connectivity index (χ3n) is 4.71. The highest BCUT2D eigenvalue weighted by Gasteiger charge is 2.36. The molecule has 0 saturated carbocycles. The lowest BCUT2D eigenvalue weighted by atomic mass is 10.1. The molecule has 2 atom stereocenters. The van der Waals surface area contributed by atoms with Crippen LogP contribution in [0.4, 0.5) is 0 Å². The van der Waals surface area contributed by atoms with Crippen LogP contribution in [-0.2, 0) is 4.79 Å². The second-order valence-corrected chi connectivity index (χ2v) is 6.46. The molecule has 6 nitrogen and oxygen atoms in total. The Bertz CT molecular complexity index is 741. The number of aromatic nitrogens is 2. The van der Waals surface area contributed by atoms with Gasteiger partial charge in [-0.1, -0.05) is 25.1 Å². The molecule has 1 N–H and O–H groups in total. The summed E-state index contributed by atoms with van der Waals surface area (Å²) in [7, 11) is 0. The van der Waals surface area contributed by atoms with Crippen LogP contribution in [0.3, 0.4) is 0 Å². The van der Waals surface area contributed by atoms with Crippen LogP contribution in [0.15, 0.2) is 42.9 Å². The summed E-state index contributed by atoms with van der Waals surface area (Å²) in [6.45, 7) is 4.60. The number of nitrogens with one attached hydrogen (secondary N) is 1. The smallest absolute Gasteiger partial charge is 0.273 e. The van der Waals surface area contributed by atoms with E-state index in [-0.39, 0.29) is 17.9 Å². The molecule has 1 aliphatic rings. The summed E-state index contributed by atoms with van der Waals surface area (Å²) in [5, 5.41) is 2.99. The molecule has 1 aromatic heterocycles. The van der Waals surface area contributed by atoms with Gasteiger partial charge in [0, 0.05) is 18.3 Å². The van der Waals surface area contributed by atoms with Gasteiger partial charge in [0.2, 0.25) is 5.91 Å². The largest absolute Gasteiger partial charge is 0.352 e. The van der Waals surface area contributed by atoms with E-state index in [1.54, 1.807) is 22.0 Å². The van der Waals surface area contributed by atoms with Gasteiger partial charge in [0.05, 0.1) is 12.5 Å². The first-order valence-corrected chi connectivity index (χ1v) is 8.81. The van der Waals surface area contributed by atoms with Gasteiger partial charge in [-0.3, -0.25) is 14.2 Å². The number of carbonyl (C=O) groups excluding carboxylic acids is 2. The van der Waals surface area contributed by atoms with Gasteiger partial charge in [-0.25, -0.2) is 4.98 Å². The SMILES string of the molecule is CC[C@H](C)NC(=O)[C@H]1CCCN1C(=O)c1cncn1-c1ccccc1. The Balaban J connectivity index is 1.81. The van der Waals surface area contributed by atoms with E-state index in [2.05, 4.69) is 10.3 Å². The number of imidazole rings is 1. The number of amides is 2. The van der Waals surface area contributed by atoms with E-state index < -0.39 is 6.04 Å². The van der Waals surface area contributed by atoms with E-state index >= 15 is 0 Å². The summed E-state index contributed by atoms with van der Waals surface area (Å²) < 4.78 is 1.77. The lowest BCUT2D eigenvalue weighted by Crippen LogP contribution is -2.48. The third-order valence-corrected chi connectivity index (χ3v) is 4.71. The zero-order valence-corrected chi connectivity index (χ0v) is 14.7. The maximum atomic E-state index is 13.1. The summed E-state index contributed by atoms with van der Waals surface area (Å²) in [5.41, 5.74) is 1.36. The number of carbonyl (C=O) groups is 2. The minimum atomic E-state index is -0.402. The first-order chi connectivity index (χ1) is 12.1. The lowest BCUT2D eigenvalue weighted by molar-refractivity contribution is -0.125. The second-order valence-electron chi connectivity index (χ2n) is 6.46. The van der Waals surface area contributed by atoms with Crippen LogP contribution in [0.5, 0.6) is 0 Å². The second kappa shape index (κ2) is 7.51. The van der Waals surface area contributed by atoms with E-state index in [4.69, 9.17) is 0 Å². The Morgan fingerprint density at radius 3 is 2.80 bits per heavy atom. The van der Waals surface area contributed by atoms with Crippen molar-refractivity contribution in [2.45, 2.75) is 45.2 Å². The molecule has 1 aromatic carbocycles. The Kier molecular flexibility index (Phi) is 5.16. The van der Waals surface area contributed by atoms with E-state index in [9.17, 15) is 9.59 Å². The average molecular weight is 340 g/mol. The number of para-hydroxylation sites is 1. The monoisotopic (exact) mass is 340 g/mol. The van der Waals surface area contributed by atoms with Crippen molar-refractivity contribution < 1.29 is 9.59 Å². The van der Waals surface area contributed by atoms with Crippen molar-refractivity contribution in [1.29, 1.82) is 0 Å².